The monoisotopic (exact) mass is 352 g/mol. The van der Waals surface area contributed by atoms with Crippen molar-refractivity contribution in [3.05, 3.63) is 35.7 Å². The second kappa shape index (κ2) is 5.58. The van der Waals surface area contributed by atoms with Gasteiger partial charge in [0.2, 0.25) is 0 Å². The van der Waals surface area contributed by atoms with Crippen molar-refractivity contribution in [2.24, 2.45) is 35.6 Å². The van der Waals surface area contributed by atoms with Crippen molar-refractivity contribution >= 4 is 5.57 Å². The van der Waals surface area contributed by atoms with Gasteiger partial charge in [0.15, 0.2) is 0 Å². The predicted octanol–water partition coefficient (Wildman–Crippen LogP) is 4.74. The first kappa shape index (κ1) is 16.8. The third-order valence-corrected chi connectivity index (χ3v) is 8.76. The lowest BCUT2D eigenvalue weighted by Crippen LogP contribution is -2.49. The quantitative estimate of drug-likeness (QED) is 0.742. The summed E-state index contributed by atoms with van der Waals surface area (Å²) in [6, 6.07) is 2.19. The van der Waals surface area contributed by atoms with Gasteiger partial charge in [0.1, 0.15) is 0 Å². The number of hydrogen-bond acceptors (Lipinski definition) is 2. The average Bonchev–Trinajstić information content (AvgIpc) is 3.17. The summed E-state index contributed by atoms with van der Waals surface area (Å²) in [7, 11) is 2.07. The van der Waals surface area contributed by atoms with Gasteiger partial charge in [0.25, 0.3) is 0 Å². The van der Waals surface area contributed by atoms with Gasteiger partial charge in [0, 0.05) is 13.2 Å². The van der Waals surface area contributed by atoms with Crippen LogP contribution in [0, 0.1) is 28.6 Å². The van der Waals surface area contributed by atoms with Gasteiger partial charge in [-0.15, -0.1) is 0 Å². The second-order valence-corrected chi connectivity index (χ2v) is 9.81. The molecule has 1 aromatic rings. The van der Waals surface area contributed by atoms with E-state index in [1.54, 1.807) is 11.1 Å². The van der Waals surface area contributed by atoms with Crippen molar-refractivity contribution in [3.63, 3.8) is 0 Å². The topological polar surface area (TPSA) is 38.0 Å². The zero-order valence-electron chi connectivity index (χ0n) is 16.4. The normalized spacial score (nSPS) is 44.6. The fourth-order valence-electron chi connectivity index (χ4n) is 7.24. The van der Waals surface area contributed by atoms with Gasteiger partial charge >= 0.3 is 0 Å². The first-order chi connectivity index (χ1) is 12.4. The zero-order chi connectivity index (χ0) is 18.1. The van der Waals surface area contributed by atoms with Crippen LogP contribution in [0.3, 0.4) is 0 Å². The summed E-state index contributed by atoms with van der Waals surface area (Å²) < 4.78 is 2.05. The van der Waals surface area contributed by atoms with Crippen LogP contribution >= 0.6 is 0 Å². The molecule has 26 heavy (non-hydrogen) atoms. The lowest BCUT2D eigenvalue weighted by molar-refractivity contribution is -0.0239. The zero-order valence-corrected chi connectivity index (χ0v) is 16.4. The summed E-state index contributed by atoms with van der Waals surface area (Å²) in [6.45, 7) is 5.03. The smallest absolute Gasteiger partial charge is 0.0640 e. The van der Waals surface area contributed by atoms with E-state index in [4.69, 9.17) is 0 Å². The number of allylic oxidation sites excluding steroid dienone is 3. The molecule has 2 saturated carbocycles. The maximum atomic E-state index is 10.2. The van der Waals surface area contributed by atoms with Crippen LogP contribution in [0.4, 0.5) is 0 Å². The molecule has 6 atom stereocenters. The fraction of sp³-hybridized carbons (Fsp3) is 0.696. The summed E-state index contributed by atoms with van der Waals surface area (Å²) in [5.74, 6) is 2.35. The van der Waals surface area contributed by atoms with Crippen molar-refractivity contribution in [2.45, 2.75) is 64.9 Å². The number of rotatable bonds is 1. The fourth-order valence-corrected chi connectivity index (χ4v) is 7.24. The van der Waals surface area contributed by atoms with Crippen molar-refractivity contribution < 1.29 is 5.11 Å². The highest BCUT2D eigenvalue weighted by Crippen LogP contribution is 2.66. The molecule has 3 heteroatoms. The molecule has 0 spiro atoms. The molecule has 0 saturated heterocycles. The Labute approximate surface area is 157 Å². The Kier molecular flexibility index (Phi) is 3.60. The van der Waals surface area contributed by atoms with Gasteiger partial charge in [-0.2, -0.15) is 5.10 Å². The largest absolute Gasteiger partial charge is 0.393 e. The van der Waals surface area contributed by atoms with Crippen LogP contribution in [-0.4, -0.2) is 21.0 Å². The lowest BCUT2D eigenvalue weighted by Gasteiger charge is -2.57. The summed E-state index contributed by atoms with van der Waals surface area (Å²) in [6.07, 6.45) is 15.0. The van der Waals surface area contributed by atoms with Crippen molar-refractivity contribution in [2.75, 3.05) is 0 Å². The van der Waals surface area contributed by atoms with Crippen LogP contribution in [0.5, 0.6) is 0 Å². The van der Waals surface area contributed by atoms with Crippen molar-refractivity contribution in [3.8, 4) is 0 Å². The van der Waals surface area contributed by atoms with E-state index in [2.05, 4.69) is 44.2 Å². The number of hydrogen-bond donors (Lipinski definition) is 1. The van der Waals surface area contributed by atoms with Crippen molar-refractivity contribution in [1.29, 1.82) is 0 Å². The van der Waals surface area contributed by atoms with Crippen LogP contribution in [0.1, 0.15) is 64.5 Å². The van der Waals surface area contributed by atoms with E-state index in [-0.39, 0.29) is 6.10 Å². The minimum absolute atomic E-state index is 0.107. The predicted molar refractivity (Wildman–Crippen MR) is 104 cm³/mol. The van der Waals surface area contributed by atoms with E-state index in [0.29, 0.717) is 10.8 Å². The molecule has 0 radical (unpaired) electrons. The molecule has 4 unspecified atom stereocenters. The Morgan fingerprint density at radius 2 is 1.88 bits per heavy atom. The van der Waals surface area contributed by atoms with Crippen LogP contribution in [0.15, 0.2) is 30.0 Å². The molecule has 1 heterocycles. The first-order valence-electron chi connectivity index (χ1n) is 10.5. The summed E-state index contributed by atoms with van der Waals surface area (Å²) in [5, 5.41) is 14.6. The molecule has 5 rings (SSSR count). The number of nitrogens with zero attached hydrogens (tertiary/aromatic N) is 2. The van der Waals surface area contributed by atoms with Gasteiger partial charge in [-0.1, -0.05) is 31.6 Å². The van der Waals surface area contributed by atoms with E-state index < -0.39 is 0 Å². The van der Waals surface area contributed by atoms with E-state index in [1.165, 1.54) is 37.8 Å². The molecule has 0 amide bonds. The second-order valence-electron chi connectivity index (χ2n) is 9.81. The molecule has 0 bridgehead atoms. The van der Waals surface area contributed by atoms with Crippen molar-refractivity contribution in [1.82, 2.24) is 9.78 Å². The molecule has 3 nitrogen and oxygen atoms in total. The molecule has 0 aliphatic heterocycles. The average molecular weight is 353 g/mol. The third kappa shape index (κ3) is 2.13. The number of aryl methyl sites for hydroxylation is 1. The Bertz CT molecular complexity index is 790. The van der Waals surface area contributed by atoms with Crippen LogP contribution < -0.4 is 0 Å². The number of aliphatic hydroxyl groups is 1. The van der Waals surface area contributed by atoms with Gasteiger partial charge < -0.3 is 5.11 Å². The van der Waals surface area contributed by atoms with Gasteiger partial charge in [-0.05, 0) is 85.2 Å². The summed E-state index contributed by atoms with van der Waals surface area (Å²) in [4.78, 5) is 0. The standard InChI is InChI=1S/C23H32N2O/c1-22-11-8-16(26)14-15(22)4-5-17-18-6-7-20(21-10-13-24-25(21)3)23(18,2)12-9-19(17)22/h4,7,10,13,16-19,26H,5-6,8-9,11-12,14H2,1-3H3/t16?,17?,18?,19?,22-,23-/m0/s1. The van der Waals surface area contributed by atoms with Gasteiger partial charge in [-0.25, -0.2) is 0 Å². The molecular formula is C23H32N2O. The van der Waals surface area contributed by atoms with Crippen LogP contribution in [0.25, 0.3) is 5.57 Å². The molecule has 1 N–H and O–H groups in total. The van der Waals surface area contributed by atoms with E-state index in [1.807, 2.05) is 10.9 Å². The molecule has 1 aromatic heterocycles. The van der Waals surface area contributed by atoms with E-state index in [0.717, 1.165) is 30.6 Å². The molecule has 0 aromatic carbocycles. The SMILES string of the molecule is Cn1nccc1C1=CCC2C3CC=C4CC(O)CC[C@]4(C)C3CC[C@]12C. The highest BCUT2D eigenvalue weighted by molar-refractivity contribution is 5.70. The minimum Gasteiger partial charge on any atom is -0.393 e. The highest BCUT2D eigenvalue weighted by Gasteiger charge is 2.56. The van der Waals surface area contributed by atoms with Gasteiger partial charge in [-0.3, -0.25) is 4.68 Å². The van der Waals surface area contributed by atoms with Crippen LogP contribution in [0.2, 0.25) is 0 Å². The van der Waals surface area contributed by atoms with E-state index >= 15 is 0 Å². The third-order valence-electron chi connectivity index (χ3n) is 8.76. The highest BCUT2D eigenvalue weighted by atomic mass is 16.3. The number of aromatic nitrogens is 2. The molecule has 4 aliphatic rings. The maximum Gasteiger partial charge on any atom is 0.0640 e. The molecule has 4 aliphatic carbocycles. The van der Waals surface area contributed by atoms with E-state index in [9.17, 15) is 5.11 Å². The Hall–Kier alpha value is -1.35. The molecule has 140 valence electrons. The molecule has 2 fully saturated rings. The lowest BCUT2D eigenvalue weighted by atomic mass is 9.47. The summed E-state index contributed by atoms with van der Waals surface area (Å²) >= 11 is 0. The van der Waals surface area contributed by atoms with Gasteiger partial charge in [0.05, 0.1) is 11.8 Å². The minimum atomic E-state index is -0.107. The first-order valence-corrected chi connectivity index (χ1v) is 10.5. The maximum absolute atomic E-state index is 10.2. The number of fused-ring (bicyclic) bond motifs is 5. The number of aliphatic hydroxyl groups excluding tert-OH is 1. The summed E-state index contributed by atoms with van der Waals surface area (Å²) in [5.41, 5.74) is 5.05. The Balaban J connectivity index is 1.49. The molecular weight excluding hydrogens is 320 g/mol. The van der Waals surface area contributed by atoms with Crippen LogP contribution in [-0.2, 0) is 7.05 Å². The Morgan fingerprint density at radius 1 is 1.08 bits per heavy atom. The Morgan fingerprint density at radius 3 is 2.65 bits per heavy atom.